The molecule has 0 N–H and O–H groups in total. The third-order valence-electron chi connectivity index (χ3n) is 4.12. The Labute approximate surface area is 134 Å². The summed E-state index contributed by atoms with van der Waals surface area (Å²) in [6, 6.07) is 6.24. The van der Waals surface area contributed by atoms with Gasteiger partial charge in [-0.15, -0.1) is 0 Å². The van der Waals surface area contributed by atoms with Crippen molar-refractivity contribution in [3.8, 4) is 0 Å². The third-order valence-corrected chi connectivity index (χ3v) is 4.12. The van der Waals surface area contributed by atoms with Crippen LogP contribution in [0.4, 0.5) is 0 Å². The molecule has 0 radical (unpaired) electrons. The molecular formula is C17H19N3O3. The van der Waals surface area contributed by atoms with E-state index in [1.54, 1.807) is 11.0 Å². The van der Waals surface area contributed by atoms with Gasteiger partial charge < -0.3 is 13.9 Å². The molecule has 0 amide bonds. The zero-order chi connectivity index (χ0) is 15.9. The second-order valence-corrected chi connectivity index (χ2v) is 6.01. The van der Waals surface area contributed by atoms with E-state index in [2.05, 4.69) is 36.1 Å². The first-order valence-corrected chi connectivity index (χ1v) is 7.78. The van der Waals surface area contributed by atoms with Crippen LogP contribution in [0.1, 0.15) is 23.3 Å². The Morgan fingerprint density at radius 2 is 2.00 bits per heavy atom. The van der Waals surface area contributed by atoms with Gasteiger partial charge in [0, 0.05) is 5.39 Å². The Bertz CT molecular complexity index is 817. The SMILES string of the molecule is Cc1cc(C)c2oc(C3(Cn4cncn4)OCCCO3)cc2c1. The maximum Gasteiger partial charge on any atom is 0.248 e. The minimum Gasteiger partial charge on any atom is -0.455 e. The summed E-state index contributed by atoms with van der Waals surface area (Å²) >= 11 is 0. The molecule has 0 bridgehead atoms. The molecule has 23 heavy (non-hydrogen) atoms. The summed E-state index contributed by atoms with van der Waals surface area (Å²) in [7, 11) is 0. The number of furan rings is 1. The van der Waals surface area contributed by atoms with Gasteiger partial charge in [-0.1, -0.05) is 11.6 Å². The maximum atomic E-state index is 6.13. The molecule has 0 atom stereocenters. The number of fused-ring (bicyclic) bond motifs is 1. The standard InChI is InChI=1S/C17H19N3O3/c1-12-6-13(2)16-14(7-12)8-15(23-16)17(21-4-3-5-22-17)9-20-11-18-10-19-20/h6-8,10-11H,3-5,9H2,1-2H3. The van der Waals surface area contributed by atoms with Crippen LogP contribution in [0, 0.1) is 13.8 Å². The average molecular weight is 313 g/mol. The summed E-state index contributed by atoms with van der Waals surface area (Å²) in [5.74, 6) is -0.276. The third kappa shape index (κ3) is 2.54. The first kappa shape index (κ1) is 14.4. The molecule has 3 aromatic rings. The summed E-state index contributed by atoms with van der Waals surface area (Å²) in [5.41, 5.74) is 3.19. The minimum atomic E-state index is -0.953. The summed E-state index contributed by atoms with van der Waals surface area (Å²) in [5, 5.41) is 5.23. The number of hydrogen-bond acceptors (Lipinski definition) is 5. The number of aryl methyl sites for hydroxylation is 2. The smallest absolute Gasteiger partial charge is 0.248 e. The van der Waals surface area contributed by atoms with Crippen molar-refractivity contribution in [3.63, 3.8) is 0 Å². The molecule has 0 unspecified atom stereocenters. The van der Waals surface area contributed by atoms with Crippen LogP contribution >= 0.6 is 0 Å². The van der Waals surface area contributed by atoms with Crippen LogP contribution in [0.15, 0.2) is 35.3 Å². The minimum absolute atomic E-state index is 0.408. The number of nitrogens with zero attached hydrogens (tertiary/aromatic N) is 3. The molecule has 3 heterocycles. The lowest BCUT2D eigenvalue weighted by atomic mass is 10.1. The Kier molecular flexibility index (Phi) is 3.43. The molecule has 0 saturated carbocycles. The van der Waals surface area contributed by atoms with Gasteiger partial charge in [-0.05, 0) is 38.0 Å². The highest BCUT2D eigenvalue weighted by atomic mass is 16.7. The largest absolute Gasteiger partial charge is 0.455 e. The van der Waals surface area contributed by atoms with Gasteiger partial charge >= 0.3 is 0 Å². The van der Waals surface area contributed by atoms with Gasteiger partial charge in [-0.3, -0.25) is 0 Å². The van der Waals surface area contributed by atoms with Crippen molar-refractivity contribution in [2.45, 2.75) is 32.6 Å². The summed E-state index contributed by atoms with van der Waals surface area (Å²) in [6.07, 6.45) is 4.03. The van der Waals surface area contributed by atoms with E-state index in [0.29, 0.717) is 25.5 Å². The predicted molar refractivity (Wildman–Crippen MR) is 83.9 cm³/mol. The second kappa shape index (κ2) is 5.47. The van der Waals surface area contributed by atoms with Crippen LogP contribution in [0.25, 0.3) is 11.0 Å². The number of benzene rings is 1. The highest BCUT2D eigenvalue weighted by Crippen LogP contribution is 2.37. The number of hydrogen-bond donors (Lipinski definition) is 0. The first-order valence-electron chi connectivity index (χ1n) is 7.78. The molecular weight excluding hydrogens is 294 g/mol. The average Bonchev–Trinajstić information content (AvgIpc) is 3.17. The van der Waals surface area contributed by atoms with Crippen molar-refractivity contribution >= 4 is 11.0 Å². The lowest BCUT2D eigenvalue weighted by Gasteiger charge is -2.35. The van der Waals surface area contributed by atoms with Crippen molar-refractivity contribution in [2.24, 2.45) is 0 Å². The van der Waals surface area contributed by atoms with Crippen LogP contribution in [0.5, 0.6) is 0 Å². The predicted octanol–water partition coefficient (Wildman–Crippen LogP) is 2.93. The van der Waals surface area contributed by atoms with Gasteiger partial charge in [-0.25, -0.2) is 9.67 Å². The van der Waals surface area contributed by atoms with Crippen molar-refractivity contribution < 1.29 is 13.9 Å². The van der Waals surface area contributed by atoms with Gasteiger partial charge in [0.2, 0.25) is 5.79 Å². The van der Waals surface area contributed by atoms with E-state index in [4.69, 9.17) is 13.9 Å². The molecule has 120 valence electrons. The molecule has 6 heteroatoms. The van der Waals surface area contributed by atoms with Crippen LogP contribution in [0.3, 0.4) is 0 Å². The van der Waals surface area contributed by atoms with Crippen LogP contribution in [-0.2, 0) is 21.8 Å². The highest BCUT2D eigenvalue weighted by Gasteiger charge is 2.41. The summed E-state index contributed by atoms with van der Waals surface area (Å²) < 4.78 is 19.9. The molecule has 6 nitrogen and oxygen atoms in total. The lowest BCUT2D eigenvalue weighted by molar-refractivity contribution is -0.292. The highest BCUT2D eigenvalue weighted by molar-refractivity contribution is 5.82. The zero-order valence-corrected chi connectivity index (χ0v) is 13.3. The van der Waals surface area contributed by atoms with E-state index in [-0.39, 0.29) is 0 Å². The van der Waals surface area contributed by atoms with E-state index in [1.807, 2.05) is 6.07 Å². The Hall–Kier alpha value is -2.18. The van der Waals surface area contributed by atoms with Crippen LogP contribution < -0.4 is 0 Å². The van der Waals surface area contributed by atoms with Gasteiger partial charge in [0.15, 0.2) is 5.76 Å². The van der Waals surface area contributed by atoms with E-state index in [1.165, 1.54) is 11.9 Å². The fourth-order valence-corrected chi connectivity index (χ4v) is 3.12. The molecule has 4 rings (SSSR count). The number of aromatic nitrogens is 3. The van der Waals surface area contributed by atoms with E-state index in [0.717, 1.165) is 23.0 Å². The van der Waals surface area contributed by atoms with Gasteiger partial charge in [0.05, 0.1) is 13.2 Å². The van der Waals surface area contributed by atoms with Gasteiger partial charge in [0.1, 0.15) is 24.8 Å². The Morgan fingerprint density at radius 3 is 2.74 bits per heavy atom. The monoisotopic (exact) mass is 313 g/mol. The zero-order valence-electron chi connectivity index (χ0n) is 13.3. The van der Waals surface area contributed by atoms with E-state index in [9.17, 15) is 0 Å². The summed E-state index contributed by atoms with van der Waals surface area (Å²) in [4.78, 5) is 3.99. The van der Waals surface area contributed by atoms with Crippen molar-refractivity contribution in [1.29, 1.82) is 0 Å². The normalized spacial score (nSPS) is 17.7. The van der Waals surface area contributed by atoms with E-state index < -0.39 is 5.79 Å². The molecule has 2 aromatic heterocycles. The number of ether oxygens (including phenoxy) is 2. The van der Waals surface area contributed by atoms with Crippen LogP contribution in [0.2, 0.25) is 0 Å². The molecule has 0 spiro atoms. The van der Waals surface area contributed by atoms with Crippen LogP contribution in [-0.4, -0.2) is 28.0 Å². The fourth-order valence-electron chi connectivity index (χ4n) is 3.12. The van der Waals surface area contributed by atoms with E-state index >= 15 is 0 Å². The Balaban J connectivity index is 1.81. The van der Waals surface area contributed by atoms with Crippen molar-refractivity contribution in [2.75, 3.05) is 13.2 Å². The summed E-state index contributed by atoms with van der Waals surface area (Å²) in [6.45, 7) is 5.80. The first-order chi connectivity index (χ1) is 11.2. The topological polar surface area (TPSA) is 62.3 Å². The van der Waals surface area contributed by atoms with Gasteiger partial charge in [-0.2, -0.15) is 5.10 Å². The molecule has 1 aliphatic rings. The number of rotatable bonds is 3. The quantitative estimate of drug-likeness (QED) is 0.744. The maximum absolute atomic E-state index is 6.13. The second-order valence-electron chi connectivity index (χ2n) is 6.01. The molecule has 1 aliphatic heterocycles. The molecule has 1 aromatic carbocycles. The van der Waals surface area contributed by atoms with Crippen molar-refractivity contribution in [1.82, 2.24) is 14.8 Å². The van der Waals surface area contributed by atoms with Crippen molar-refractivity contribution in [3.05, 3.63) is 47.7 Å². The molecule has 1 fully saturated rings. The van der Waals surface area contributed by atoms with Gasteiger partial charge in [0.25, 0.3) is 0 Å². The molecule has 1 saturated heterocycles. The Morgan fingerprint density at radius 1 is 1.17 bits per heavy atom. The molecule has 0 aliphatic carbocycles. The lowest BCUT2D eigenvalue weighted by Crippen LogP contribution is -2.41. The fraction of sp³-hybridized carbons (Fsp3) is 0.412.